The van der Waals surface area contributed by atoms with E-state index < -0.39 is 0 Å². The molecule has 0 radical (unpaired) electrons. The van der Waals surface area contributed by atoms with Crippen molar-refractivity contribution in [2.24, 2.45) is 0 Å². The first-order chi connectivity index (χ1) is 14.1. The van der Waals surface area contributed by atoms with E-state index in [4.69, 9.17) is 0 Å². The molecule has 29 heavy (non-hydrogen) atoms. The summed E-state index contributed by atoms with van der Waals surface area (Å²) < 4.78 is 0. The van der Waals surface area contributed by atoms with Gasteiger partial charge in [-0.3, -0.25) is 9.69 Å². The number of aldehydes is 1. The number of thiol groups is 1. The third-order valence-corrected chi connectivity index (χ3v) is 6.19. The molecule has 0 bridgehead atoms. The lowest BCUT2D eigenvalue weighted by Gasteiger charge is -2.36. The van der Waals surface area contributed by atoms with Crippen molar-refractivity contribution in [3.05, 3.63) is 83.4 Å². The van der Waals surface area contributed by atoms with E-state index in [-0.39, 0.29) is 0 Å². The quantitative estimate of drug-likeness (QED) is 0.475. The van der Waals surface area contributed by atoms with Gasteiger partial charge >= 0.3 is 0 Å². The molecule has 0 saturated carbocycles. The Balaban J connectivity index is 1.44. The molecule has 0 aliphatic carbocycles. The number of benzene rings is 3. The largest absolute Gasteiger partial charge is 0.369 e. The second kappa shape index (κ2) is 8.85. The zero-order valence-electron chi connectivity index (χ0n) is 16.7. The summed E-state index contributed by atoms with van der Waals surface area (Å²) in [6, 6.07) is 23.0. The van der Waals surface area contributed by atoms with Crippen molar-refractivity contribution in [1.82, 2.24) is 4.90 Å². The molecule has 4 heteroatoms. The van der Waals surface area contributed by atoms with Crippen LogP contribution in [0.15, 0.2) is 71.6 Å². The van der Waals surface area contributed by atoms with Gasteiger partial charge in [-0.1, -0.05) is 36.4 Å². The highest BCUT2D eigenvalue weighted by molar-refractivity contribution is 7.80. The summed E-state index contributed by atoms with van der Waals surface area (Å²) in [4.78, 5) is 16.8. The van der Waals surface area contributed by atoms with Gasteiger partial charge in [0.05, 0.1) is 0 Å². The molecule has 1 aliphatic rings. The number of anilines is 1. The summed E-state index contributed by atoms with van der Waals surface area (Å²) in [7, 11) is 0. The zero-order chi connectivity index (χ0) is 20.2. The number of piperazine rings is 1. The van der Waals surface area contributed by atoms with Gasteiger partial charge in [0.25, 0.3) is 0 Å². The summed E-state index contributed by atoms with van der Waals surface area (Å²) in [6.07, 6.45) is 0.893. The summed E-state index contributed by atoms with van der Waals surface area (Å²) in [5.74, 6) is 0. The molecule has 3 nitrogen and oxygen atoms in total. The molecule has 0 spiro atoms. The number of carbonyl (C=O) groups is 1. The van der Waals surface area contributed by atoms with E-state index in [0.29, 0.717) is 0 Å². The predicted octanol–water partition coefficient (Wildman–Crippen LogP) is 5.09. The van der Waals surface area contributed by atoms with Gasteiger partial charge in [-0.25, -0.2) is 0 Å². The number of carbonyl (C=O) groups excluding carboxylic acids is 1. The third-order valence-electron chi connectivity index (χ3n) is 5.69. The molecule has 0 amide bonds. The Labute approximate surface area is 178 Å². The third kappa shape index (κ3) is 4.55. The van der Waals surface area contributed by atoms with Crippen molar-refractivity contribution in [3.63, 3.8) is 0 Å². The Hall–Kier alpha value is -2.56. The Bertz CT molecular complexity index is 992. The highest BCUT2D eigenvalue weighted by Crippen LogP contribution is 2.28. The molecule has 0 N–H and O–H groups in total. The van der Waals surface area contributed by atoms with Crippen LogP contribution in [0.3, 0.4) is 0 Å². The van der Waals surface area contributed by atoms with E-state index in [1.807, 2.05) is 24.3 Å². The molecular formula is C25H26N2OS. The molecule has 0 aromatic heterocycles. The van der Waals surface area contributed by atoms with Gasteiger partial charge in [0, 0.05) is 48.9 Å². The first-order valence-electron chi connectivity index (χ1n) is 10.0. The smallest absolute Gasteiger partial charge is 0.150 e. The van der Waals surface area contributed by atoms with Crippen LogP contribution in [0.5, 0.6) is 0 Å². The topological polar surface area (TPSA) is 23.6 Å². The maximum atomic E-state index is 10.9. The van der Waals surface area contributed by atoms with Crippen LogP contribution in [0.4, 0.5) is 5.69 Å². The van der Waals surface area contributed by atoms with Crippen LogP contribution in [0.25, 0.3) is 11.1 Å². The van der Waals surface area contributed by atoms with Gasteiger partial charge in [0.1, 0.15) is 6.29 Å². The predicted molar refractivity (Wildman–Crippen MR) is 123 cm³/mol. The van der Waals surface area contributed by atoms with Crippen LogP contribution in [0.1, 0.15) is 21.5 Å². The molecule has 1 saturated heterocycles. The van der Waals surface area contributed by atoms with Crippen LogP contribution in [-0.4, -0.2) is 37.4 Å². The monoisotopic (exact) mass is 402 g/mol. The zero-order valence-corrected chi connectivity index (χ0v) is 17.6. The lowest BCUT2D eigenvalue weighted by atomic mass is 9.98. The first-order valence-corrected chi connectivity index (χ1v) is 10.5. The van der Waals surface area contributed by atoms with E-state index in [0.717, 1.165) is 49.5 Å². The van der Waals surface area contributed by atoms with Crippen molar-refractivity contribution in [2.75, 3.05) is 31.1 Å². The fourth-order valence-corrected chi connectivity index (χ4v) is 4.07. The van der Waals surface area contributed by atoms with Crippen molar-refractivity contribution in [3.8, 4) is 11.1 Å². The van der Waals surface area contributed by atoms with Crippen molar-refractivity contribution >= 4 is 24.6 Å². The highest BCUT2D eigenvalue weighted by Gasteiger charge is 2.18. The van der Waals surface area contributed by atoms with E-state index in [2.05, 4.69) is 71.8 Å². The maximum absolute atomic E-state index is 10.9. The van der Waals surface area contributed by atoms with Gasteiger partial charge in [-0.05, 0) is 59.5 Å². The Morgan fingerprint density at radius 1 is 0.931 bits per heavy atom. The van der Waals surface area contributed by atoms with Crippen LogP contribution in [0, 0.1) is 6.92 Å². The normalized spacial score (nSPS) is 14.8. The minimum absolute atomic E-state index is 0.727. The second-order valence-corrected chi connectivity index (χ2v) is 8.11. The SMILES string of the molecule is Cc1cc(-c2ccccc2CN2CCN(c3ccc(C=O)cc3)CC2)ccc1S. The molecule has 1 aliphatic heterocycles. The second-order valence-electron chi connectivity index (χ2n) is 7.63. The molecule has 148 valence electrons. The van der Waals surface area contributed by atoms with Crippen LogP contribution in [0.2, 0.25) is 0 Å². The minimum Gasteiger partial charge on any atom is -0.369 e. The summed E-state index contributed by atoms with van der Waals surface area (Å²) in [5, 5.41) is 0. The summed E-state index contributed by atoms with van der Waals surface area (Å²) >= 11 is 4.51. The van der Waals surface area contributed by atoms with Crippen LogP contribution >= 0.6 is 12.6 Å². The van der Waals surface area contributed by atoms with Crippen molar-refractivity contribution < 1.29 is 4.79 Å². The molecule has 0 atom stereocenters. The van der Waals surface area contributed by atoms with E-state index in [9.17, 15) is 4.79 Å². The lowest BCUT2D eigenvalue weighted by Crippen LogP contribution is -2.46. The Morgan fingerprint density at radius 3 is 2.34 bits per heavy atom. The van der Waals surface area contributed by atoms with E-state index in [1.54, 1.807) is 0 Å². The van der Waals surface area contributed by atoms with Crippen LogP contribution in [-0.2, 0) is 6.54 Å². The molecule has 0 unspecified atom stereocenters. The first kappa shape index (κ1) is 19.7. The molecule has 1 heterocycles. The average Bonchev–Trinajstić information content (AvgIpc) is 2.77. The lowest BCUT2D eigenvalue weighted by molar-refractivity contribution is 0.112. The van der Waals surface area contributed by atoms with Gasteiger partial charge in [-0.15, -0.1) is 12.6 Å². The molecule has 1 fully saturated rings. The maximum Gasteiger partial charge on any atom is 0.150 e. The number of aryl methyl sites for hydroxylation is 1. The number of hydrogen-bond donors (Lipinski definition) is 1. The summed E-state index contributed by atoms with van der Waals surface area (Å²) in [6.45, 7) is 7.11. The van der Waals surface area contributed by atoms with Crippen molar-refractivity contribution in [1.29, 1.82) is 0 Å². The fourth-order valence-electron chi connectivity index (χ4n) is 3.93. The molecule has 4 rings (SSSR count). The van der Waals surface area contributed by atoms with Gasteiger partial charge in [0.2, 0.25) is 0 Å². The van der Waals surface area contributed by atoms with E-state index >= 15 is 0 Å². The van der Waals surface area contributed by atoms with Gasteiger partial charge in [-0.2, -0.15) is 0 Å². The standard InChI is InChI=1S/C25H26N2OS/c1-19-16-21(8-11-25(19)29)24-5-3-2-4-22(24)17-26-12-14-27(15-13-26)23-9-6-20(18-28)7-10-23/h2-11,16,18,29H,12-15,17H2,1H3. The Kier molecular flexibility index (Phi) is 6.02. The highest BCUT2D eigenvalue weighted by atomic mass is 32.1. The molecule has 3 aromatic rings. The fraction of sp³-hybridized carbons (Fsp3) is 0.240. The van der Waals surface area contributed by atoms with Gasteiger partial charge < -0.3 is 4.90 Å². The van der Waals surface area contributed by atoms with Gasteiger partial charge in [0.15, 0.2) is 0 Å². The van der Waals surface area contributed by atoms with Crippen molar-refractivity contribution in [2.45, 2.75) is 18.4 Å². The van der Waals surface area contributed by atoms with Crippen LogP contribution < -0.4 is 4.90 Å². The minimum atomic E-state index is 0.727. The van der Waals surface area contributed by atoms with E-state index in [1.165, 1.54) is 27.9 Å². The Morgan fingerprint density at radius 2 is 1.66 bits per heavy atom. The number of rotatable bonds is 5. The number of nitrogens with zero attached hydrogens (tertiary/aromatic N) is 2. The number of hydrogen-bond acceptors (Lipinski definition) is 4. The summed E-state index contributed by atoms with van der Waals surface area (Å²) in [5.41, 5.74) is 7.04. The average molecular weight is 403 g/mol. The molecule has 3 aromatic carbocycles. The molecular weight excluding hydrogens is 376 g/mol.